The average molecular weight is 378 g/mol. The monoisotopic (exact) mass is 378 g/mol. The van der Waals surface area contributed by atoms with E-state index in [4.69, 9.17) is 14.2 Å². The number of pyridine rings is 1. The van der Waals surface area contributed by atoms with Crippen molar-refractivity contribution in [2.45, 2.75) is 25.4 Å². The maximum atomic E-state index is 6.11. The number of aryl methyl sites for hydroxylation is 1. The third-order valence-corrected chi connectivity index (χ3v) is 5.01. The third-order valence-electron chi connectivity index (χ3n) is 5.01. The van der Waals surface area contributed by atoms with Gasteiger partial charge in [0.15, 0.2) is 0 Å². The van der Waals surface area contributed by atoms with E-state index in [0.717, 1.165) is 60.5 Å². The Hall–Kier alpha value is -2.79. The lowest BCUT2D eigenvalue weighted by molar-refractivity contribution is 0.169. The smallest absolute Gasteiger partial charge is 0.138 e. The van der Waals surface area contributed by atoms with Gasteiger partial charge in [0.25, 0.3) is 0 Å². The van der Waals surface area contributed by atoms with Gasteiger partial charge in [0, 0.05) is 18.0 Å². The van der Waals surface area contributed by atoms with Crippen LogP contribution in [0.2, 0.25) is 0 Å². The van der Waals surface area contributed by atoms with E-state index in [1.807, 2.05) is 36.4 Å². The standard InChI is InChI=1S/C23H26N2O3/c1-26-19-9-7-17-8-10-20(28-23(17)14-19)15-24-11-4-12-27-21-13-18-5-2-3-6-22(18)25-16-21/h2-3,5-7,9,13-14,16,20,24H,4,8,10-12,15H2,1H3. The van der Waals surface area contributed by atoms with Crippen LogP contribution in [0.15, 0.2) is 54.7 Å². The summed E-state index contributed by atoms with van der Waals surface area (Å²) in [5.41, 5.74) is 2.25. The molecular formula is C23H26N2O3. The van der Waals surface area contributed by atoms with Crippen molar-refractivity contribution in [1.29, 1.82) is 0 Å². The summed E-state index contributed by atoms with van der Waals surface area (Å²) >= 11 is 0. The molecule has 0 amide bonds. The van der Waals surface area contributed by atoms with Crippen LogP contribution in [-0.2, 0) is 6.42 Å². The molecule has 1 unspecified atom stereocenters. The molecule has 3 aromatic rings. The number of aromatic nitrogens is 1. The quantitative estimate of drug-likeness (QED) is 0.601. The second-order valence-corrected chi connectivity index (χ2v) is 7.02. The highest BCUT2D eigenvalue weighted by atomic mass is 16.5. The third kappa shape index (κ3) is 4.54. The zero-order valence-electron chi connectivity index (χ0n) is 16.2. The number of nitrogens with one attached hydrogen (secondary N) is 1. The van der Waals surface area contributed by atoms with Gasteiger partial charge in [-0.05, 0) is 49.6 Å². The van der Waals surface area contributed by atoms with Crippen molar-refractivity contribution in [3.63, 3.8) is 0 Å². The van der Waals surface area contributed by atoms with Gasteiger partial charge in [-0.2, -0.15) is 0 Å². The Bertz CT molecular complexity index is 929. The maximum Gasteiger partial charge on any atom is 0.138 e. The van der Waals surface area contributed by atoms with E-state index in [0.29, 0.717) is 6.61 Å². The molecule has 0 saturated heterocycles. The van der Waals surface area contributed by atoms with Crippen molar-refractivity contribution >= 4 is 10.9 Å². The highest BCUT2D eigenvalue weighted by molar-refractivity contribution is 5.79. The largest absolute Gasteiger partial charge is 0.497 e. The fraction of sp³-hybridized carbons (Fsp3) is 0.348. The highest BCUT2D eigenvalue weighted by Crippen LogP contribution is 2.31. The normalized spacial score (nSPS) is 15.7. The average Bonchev–Trinajstić information content (AvgIpc) is 2.75. The van der Waals surface area contributed by atoms with Gasteiger partial charge in [-0.1, -0.05) is 24.3 Å². The van der Waals surface area contributed by atoms with Crippen molar-refractivity contribution in [1.82, 2.24) is 10.3 Å². The predicted molar refractivity (Wildman–Crippen MR) is 110 cm³/mol. The first-order chi connectivity index (χ1) is 13.8. The molecule has 0 radical (unpaired) electrons. The lowest BCUT2D eigenvalue weighted by Crippen LogP contribution is -2.35. The summed E-state index contributed by atoms with van der Waals surface area (Å²) in [6, 6.07) is 16.2. The summed E-state index contributed by atoms with van der Waals surface area (Å²) in [6.07, 6.45) is 5.00. The van der Waals surface area contributed by atoms with Crippen molar-refractivity contribution < 1.29 is 14.2 Å². The van der Waals surface area contributed by atoms with Crippen molar-refractivity contribution in [3.8, 4) is 17.2 Å². The van der Waals surface area contributed by atoms with Gasteiger partial charge in [0.2, 0.25) is 0 Å². The Morgan fingerprint density at radius 2 is 2.07 bits per heavy atom. The van der Waals surface area contributed by atoms with E-state index in [9.17, 15) is 0 Å². The van der Waals surface area contributed by atoms with Crippen LogP contribution in [0.5, 0.6) is 17.2 Å². The molecule has 28 heavy (non-hydrogen) atoms. The van der Waals surface area contributed by atoms with Crippen molar-refractivity contribution in [3.05, 3.63) is 60.3 Å². The van der Waals surface area contributed by atoms with E-state index < -0.39 is 0 Å². The van der Waals surface area contributed by atoms with Crippen molar-refractivity contribution in [2.75, 3.05) is 26.8 Å². The van der Waals surface area contributed by atoms with E-state index in [2.05, 4.69) is 22.4 Å². The molecule has 1 atom stereocenters. The van der Waals surface area contributed by atoms with Crippen LogP contribution in [0.4, 0.5) is 0 Å². The lowest BCUT2D eigenvalue weighted by atomic mass is 10.0. The lowest BCUT2D eigenvalue weighted by Gasteiger charge is -2.26. The molecule has 146 valence electrons. The molecule has 0 aliphatic carbocycles. The van der Waals surface area contributed by atoms with Crippen LogP contribution < -0.4 is 19.5 Å². The Kier molecular flexibility index (Phi) is 5.92. The molecule has 2 heterocycles. The topological polar surface area (TPSA) is 52.6 Å². The number of rotatable bonds is 8. The molecule has 1 aliphatic rings. The van der Waals surface area contributed by atoms with Gasteiger partial charge < -0.3 is 19.5 Å². The zero-order chi connectivity index (χ0) is 19.2. The molecular weight excluding hydrogens is 352 g/mol. The Labute approximate surface area is 165 Å². The summed E-state index contributed by atoms with van der Waals surface area (Å²) in [6.45, 7) is 2.40. The number of hydrogen-bond donors (Lipinski definition) is 1. The van der Waals surface area contributed by atoms with Crippen LogP contribution >= 0.6 is 0 Å². The predicted octanol–water partition coefficient (Wildman–Crippen LogP) is 4.00. The van der Waals surface area contributed by atoms with Crippen LogP contribution in [0.1, 0.15) is 18.4 Å². The molecule has 0 saturated carbocycles. The van der Waals surface area contributed by atoms with E-state index >= 15 is 0 Å². The van der Waals surface area contributed by atoms with Gasteiger partial charge in [-0.3, -0.25) is 4.98 Å². The number of nitrogens with zero attached hydrogens (tertiary/aromatic N) is 1. The number of fused-ring (bicyclic) bond motifs is 2. The molecule has 1 aliphatic heterocycles. The Morgan fingerprint density at radius 3 is 3.00 bits per heavy atom. The molecule has 0 spiro atoms. The molecule has 5 nitrogen and oxygen atoms in total. The number of hydrogen-bond acceptors (Lipinski definition) is 5. The maximum absolute atomic E-state index is 6.11. The van der Waals surface area contributed by atoms with Crippen LogP contribution in [0.3, 0.4) is 0 Å². The summed E-state index contributed by atoms with van der Waals surface area (Å²) in [7, 11) is 1.68. The minimum Gasteiger partial charge on any atom is -0.497 e. The molecule has 5 heteroatoms. The minimum atomic E-state index is 0.199. The van der Waals surface area contributed by atoms with Crippen molar-refractivity contribution in [2.24, 2.45) is 0 Å². The zero-order valence-corrected chi connectivity index (χ0v) is 16.2. The van der Waals surface area contributed by atoms with Gasteiger partial charge in [0.05, 0.1) is 25.4 Å². The Balaban J connectivity index is 1.17. The second kappa shape index (κ2) is 8.93. The van der Waals surface area contributed by atoms with Crippen LogP contribution in [-0.4, -0.2) is 37.9 Å². The van der Waals surface area contributed by atoms with Crippen LogP contribution in [0.25, 0.3) is 10.9 Å². The molecule has 2 aromatic carbocycles. The molecule has 1 N–H and O–H groups in total. The van der Waals surface area contributed by atoms with Gasteiger partial charge in [-0.25, -0.2) is 0 Å². The first kappa shape index (κ1) is 18.6. The molecule has 1 aromatic heterocycles. The van der Waals surface area contributed by atoms with Gasteiger partial charge in [-0.15, -0.1) is 0 Å². The second-order valence-electron chi connectivity index (χ2n) is 7.02. The molecule has 4 rings (SSSR count). The van der Waals surface area contributed by atoms with Gasteiger partial charge in [0.1, 0.15) is 23.4 Å². The summed E-state index contributed by atoms with van der Waals surface area (Å²) < 4.78 is 17.2. The van der Waals surface area contributed by atoms with E-state index in [-0.39, 0.29) is 6.10 Å². The van der Waals surface area contributed by atoms with E-state index in [1.54, 1.807) is 13.3 Å². The highest BCUT2D eigenvalue weighted by Gasteiger charge is 2.19. The number of para-hydroxylation sites is 1. The summed E-state index contributed by atoms with van der Waals surface area (Å²) in [4.78, 5) is 4.42. The first-order valence-corrected chi connectivity index (χ1v) is 9.84. The SMILES string of the molecule is COc1ccc2c(c1)OC(CNCCCOc1cnc3ccccc3c1)CC2. The van der Waals surface area contributed by atoms with E-state index in [1.165, 1.54) is 5.56 Å². The first-order valence-electron chi connectivity index (χ1n) is 9.84. The minimum absolute atomic E-state index is 0.199. The molecule has 0 bridgehead atoms. The summed E-state index contributed by atoms with van der Waals surface area (Å²) in [5, 5.41) is 4.58. The Morgan fingerprint density at radius 1 is 1.14 bits per heavy atom. The van der Waals surface area contributed by atoms with Crippen LogP contribution in [0, 0.1) is 0 Å². The van der Waals surface area contributed by atoms with Gasteiger partial charge >= 0.3 is 0 Å². The fourth-order valence-electron chi connectivity index (χ4n) is 3.46. The number of benzene rings is 2. The summed E-state index contributed by atoms with van der Waals surface area (Å²) in [5.74, 6) is 2.61. The molecule has 0 fully saturated rings. The number of ether oxygens (including phenoxy) is 3. The number of methoxy groups -OCH3 is 1. The fourth-order valence-corrected chi connectivity index (χ4v) is 3.46.